The summed E-state index contributed by atoms with van der Waals surface area (Å²) in [6.07, 6.45) is 0. The molecule has 2 heterocycles. The molecule has 1 aliphatic rings. The summed E-state index contributed by atoms with van der Waals surface area (Å²) in [4.78, 5) is 19.9. The molecule has 2 N–H and O–H groups in total. The fourth-order valence-electron chi connectivity index (χ4n) is 2.54. The molecule has 0 bridgehead atoms. The first-order valence-electron chi connectivity index (χ1n) is 7.41. The van der Waals surface area contributed by atoms with Crippen LogP contribution in [-0.4, -0.2) is 29.1 Å². The number of hydrogen-bond acceptors (Lipinski definition) is 4. The van der Waals surface area contributed by atoms with E-state index in [9.17, 15) is 4.79 Å². The maximum atomic E-state index is 12.3. The average Bonchev–Trinajstić information content (AvgIpc) is 3.02. The number of aromatic nitrogens is 2. The van der Waals surface area contributed by atoms with Crippen LogP contribution in [0.3, 0.4) is 0 Å². The Kier molecular flexibility index (Phi) is 3.34. The molecule has 1 aromatic heterocycles. The van der Waals surface area contributed by atoms with Crippen molar-refractivity contribution in [2.45, 2.75) is 6.54 Å². The van der Waals surface area contributed by atoms with Crippen molar-refractivity contribution < 1.29 is 14.3 Å². The molecule has 0 spiro atoms. The predicted molar refractivity (Wildman–Crippen MR) is 84.7 cm³/mol. The molecule has 23 heavy (non-hydrogen) atoms. The van der Waals surface area contributed by atoms with E-state index in [2.05, 4.69) is 15.3 Å². The van der Waals surface area contributed by atoms with Crippen LogP contribution in [0.2, 0.25) is 0 Å². The third kappa shape index (κ3) is 2.70. The molecule has 6 heteroatoms. The molecule has 0 radical (unpaired) electrons. The average molecular weight is 309 g/mol. The number of fused-ring (bicyclic) bond motifs is 2. The molecule has 0 aliphatic carbocycles. The van der Waals surface area contributed by atoms with Crippen molar-refractivity contribution in [1.29, 1.82) is 0 Å². The normalized spacial score (nSPS) is 13.0. The zero-order valence-electron chi connectivity index (χ0n) is 12.3. The molecule has 1 amide bonds. The Morgan fingerprint density at radius 1 is 1.13 bits per heavy atom. The molecule has 3 aromatic rings. The van der Waals surface area contributed by atoms with Crippen LogP contribution in [0.1, 0.15) is 16.2 Å². The molecule has 0 atom stereocenters. The predicted octanol–water partition coefficient (Wildman–Crippen LogP) is 2.26. The van der Waals surface area contributed by atoms with E-state index in [1.807, 2.05) is 24.3 Å². The van der Waals surface area contributed by atoms with Crippen LogP contribution in [0.5, 0.6) is 11.5 Å². The van der Waals surface area contributed by atoms with Gasteiger partial charge in [-0.1, -0.05) is 12.1 Å². The summed E-state index contributed by atoms with van der Waals surface area (Å²) in [5.41, 5.74) is 2.37. The number of imidazole rings is 1. The highest BCUT2D eigenvalue weighted by Gasteiger charge is 2.15. The van der Waals surface area contributed by atoms with Crippen molar-refractivity contribution in [1.82, 2.24) is 15.3 Å². The lowest BCUT2D eigenvalue weighted by molar-refractivity contribution is 0.0948. The second-order valence-corrected chi connectivity index (χ2v) is 5.24. The van der Waals surface area contributed by atoms with E-state index in [1.54, 1.807) is 18.2 Å². The van der Waals surface area contributed by atoms with E-state index in [0.717, 1.165) is 16.9 Å². The van der Waals surface area contributed by atoms with Crippen molar-refractivity contribution >= 4 is 16.9 Å². The van der Waals surface area contributed by atoms with Gasteiger partial charge in [0.05, 0.1) is 17.6 Å². The summed E-state index contributed by atoms with van der Waals surface area (Å²) in [5, 5.41) is 2.85. The van der Waals surface area contributed by atoms with Crippen LogP contribution < -0.4 is 14.8 Å². The number of nitrogens with zero attached hydrogens (tertiary/aromatic N) is 1. The van der Waals surface area contributed by atoms with Crippen LogP contribution in [0.15, 0.2) is 42.5 Å². The second-order valence-electron chi connectivity index (χ2n) is 5.24. The summed E-state index contributed by atoms with van der Waals surface area (Å²) >= 11 is 0. The Balaban J connectivity index is 1.47. The number of ether oxygens (including phenoxy) is 2. The van der Waals surface area contributed by atoms with E-state index in [0.29, 0.717) is 36.8 Å². The van der Waals surface area contributed by atoms with Crippen molar-refractivity contribution in [2.75, 3.05) is 13.2 Å². The minimum Gasteiger partial charge on any atom is -0.486 e. The van der Waals surface area contributed by atoms with Gasteiger partial charge < -0.3 is 19.8 Å². The standard InChI is InChI=1S/C17H15N3O3/c21-17(11-5-6-14-15(9-11)23-8-7-22-14)18-10-16-19-12-3-1-2-4-13(12)20-16/h1-6,9H,7-8,10H2,(H,18,21)(H,19,20). The van der Waals surface area contributed by atoms with E-state index >= 15 is 0 Å². The first-order chi connectivity index (χ1) is 11.3. The minimum atomic E-state index is -0.178. The first-order valence-corrected chi connectivity index (χ1v) is 7.41. The van der Waals surface area contributed by atoms with Crippen molar-refractivity contribution in [3.05, 3.63) is 53.9 Å². The molecule has 6 nitrogen and oxygen atoms in total. The number of carbonyl (C=O) groups excluding carboxylic acids is 1. The zero-order chi connectivity index (χ0) is 15.6. The Bertz CT molecular complexity index is 839. The lowest BCUT2D eigenvalue weighted by atomic mass is 10.2. The van der Waals surface area contributed by atoms with Crippen LogP contribution >= 0.6 is 0 Å². The lowest BCUT2D eigenvalue weighted by Gasteiger charge is -2.18. The molecule has 116 valence electrons. The summed E-state index contributed by atoms with van der Waals surface area (Å²) in [7, 11) is 0. The van der Waals surface area contributed by atoms with Gasteiger partial charge in [0.25, 0.3) is 5.91 Å². The summed E-state index contributed by atoms with van der Waals surface area (Å²) in [5.74, 6) is 1.82. The number of aromatic amines is 1. The van der Waals surface area contributed by atoms with Gasteiger partial charge >= 0.3 is 0 Å². The Hall–Kier alpha value is -3.02. The molecule has 0 fully saturated rings. The number of H-pyrrole nitrogens is 1. The van der Waals surface area contributed by atoms with Crippen LogP contribution in [0.4, 0.5) is 0 Å². The Morgan fingerprint density at radius 2 is 1.96 bits per heavy atom. The van der Waals surface area contributed by atoms with Crippen molar-refractivity contribution in [3.8, 4) is 11.5 Å². The highest BCUT2D eigenvalue weighted by molar-refractivity contribution is 5.94. The monoisotopic (exact) mass is 309 g/mol. The van der Waals surface area contributed by atoms with E-state index in [4.69, 9.17) is 9.47 Å². The molecule has 0 saturated carbocycles. The third-order valence-corrected chi connectivity index (χ3v) is 3.66. The van der Waals surface area contributed by atoms with Gasteiger partial charge in [-0.05, 0) is 30.3 Å². The SMILES string of the molecule is O=C(NCc1nc2ccccc2[nH]1)c1ccc2c(c1)OCCO2. The van der Waals surface area contributed by atoms with Crippen LogP contribution in [-0.2, 0) is 6.54 Å². The number of nitrogens with one attached hydrogen (secondary N) is 2. The van der Waals surface area contributed by atoms with Gasteiger partial charge in [-0.2, -0.15) is 0 Å². The fourth-order valence-corrected chi connectivity index (χ4v) is 2.54. The number of benzene rings is 2. The minimum absolute atomic E-state index is 0.178. The van der Waals surface area contributed by atoms with Crippen LogP contribution in [0.25, 0.3) is 11.0 Å². The smallest absolute Gasteiger partial charge is 0.251 e. The number of carbonyl (C=O) groups is 1. The first kappa shape index (κ1) is 13.6. The quantitative estimate of drug-likeness (QED) is 0.778. The van der Waals surface area contributed by atoms with Gasteiger partial charge in [0, 0.05) is 5.56 Å². The highest BCUT2D eigenvalue weighted by atomic mass is 16.6. The molecule has 0 unspecified atom stereocenters. The molecule has 0 saturated heterocycles. The Morgan fingerprint density at radius 3 is 2.83 bits per heavy atom. The number of para-hydroxylation sites is 2. The van der Waals surface area contributed by atoms with E-state index < -0.39 is 0 Å². The van der Waals surface area contributed by atoms with Crippen molar-refractivity contribution in [2.24, 2.45) is 0 Å². The van der Waals surface area contributed by atoms with Gasteiger partial charge in [0.1, 0.15) is 19.0 Å². The van der Waals surface area contributed by atoms with Gasteiger partial charge in [-0.25, -0.2) is 4.98 Å². The van der Waals surface area contributed by atoms with E-state index in [1.165, 1.54) is 0 Å². The summed E-state index contributed by atoms with van der Waals surface area (Å²) < 4.78 is 10.9. The zero-order valence-corrected chi connectivity index (χ0v) is 12.3. The van der Waals surface area contributed by atoms with Gasteiger partial charge in [0.2, 0.25) is 0 Å². The molecule has 4 rings (SSSR count). The van der Waals surface area contributed by atoms with Crippen LogP contribution in [0, 0.1) is 0 Å². The fraction of sp³-hybridized carbons (Fsp3) is 0.176. The lowest BCUT2D eigenvalue weighted by Crippen LogP contribution is -2.24. The van der Waals surface area contributed by atoms with Gasteiger partial charge in [-0.3, -0.25) is 4.79 Å². The van der Waals surface area contributed by atoms with Gasteiger partial charge in [-0.15, -0.1) is 0 Å². The number of rotatable bonds is 3. The topological polar surface area (TPSA) is 76.2 Å². The molecular formula is C17H15N3O3. The second kappa shape index (κ2) is 5.64. The third-order valence-electron chi connectivity index (χ3n) is 3.66. The summed E-state index contributed by atoms with van der Waals surface area (Å²) in [6, 6.07) is 12.9. The van der Waals surface area contributed by atoms with Gasteiger partial charge in [0.15, 0.2) is 11.5 Å². The molecule has 1 aliphatic heterocycles. The van der Waals surface area contributed by atoms with Crippen molar-refractivity contribution in [3.63, 3.8) is 0 Å². The maximum Gasteiger partial charge on any atom is 0.251 e. The molecular weight excluding hydrogens is 294 g/mol. The highest BCUT2D eigenvalue weighted by Crippen LogP contribution is 2.30. The number of amides is 1. The largest absolute Gasteiger partial charge is 0.486 e. The Labute approximate surface area is 132 Å². The molecule has 2 aromatic carbocycles. The summed E-state index contributed by atoms with van der Waals surface area (Å²) in [6.45, 7) is 1.36. The van der Waals surface area contributed by atoms with E-state index in [-0.39, 0.29) is 5.91 Å². The number of hydrogen-bond donors (Lipinski definition) is 2. The maximum absolute atomic E-state index is 12.3.